The second kappa shape index (κ2) is 7.18. The molecule has 20 heavy (non-hydrogen) atoms. The summed E-state index contributed by atoms with van der Waals surface area (Å²) in [7, 11) is 0. The van der Waals surface area contributed by atoms with Crippen LogP contribution in [-0.2, 0) is 6.42 Å². The van der Waals surface area contributed by atoms with Gasteiger partial charge in [0.05, 0.1) is 0 Å². The lowest BCUT2D eigenvalue weighted by Gasteiger charge is -2.10. The van der Waals surface area contributed by atoms with E-state index in [2.05, 4.69) is 6.92 Å². The van der Waals surface area contributed by atoms with Crippen molar-refractivity contribution in [2.75, 3.05) is 0 Å². The molecule has 0 radical (unpaired) electrons. The molecule has 0 saturated carbocycles. The molecular formula is C18H24O2. The highest BCUT2D eigenvalue weighted by atomic mass is 16.3. The van der Waals surface area contributed by atoms with E-state index >= 15 is 0 Å². The molecule has 2 aromatic rings. The maximum absolute atomic E-state index is 10.3. The number of hydrogen-bond donors (Lipinski definition) is 2. The van der Waals surface area contributed by atoms with Gasteiger partial charge in [0.15, 0.2) is 0 Å². The van der Waals surface area contributed by atoms with Gasteiger partial charge in [0.1, 0.15) is 11.5 Å². The Morgan fingerprint density at radius 1 is 0.850 bits per heavy atom. The smallest absolute Gasteiger partial charge is 0.126 e. The molecule has 0 aliphatic carbocycles. The number of fused-ring (bicyclic) bond motifs is 1. The molecule has 0 amide bonds. The van der Waals surface area contributed by atoms with Gasteiger partial charge in [-0.1, -0.05) is 63.3 Å². The van der Waals surface area contributed by atoms with Gasteiger partial charge < -0.3 is 10.2 Å². The van der Waals surface area contributed by atoms with Crippen molar-refractivity contribution in [1.29, 1.82) is 0 Å². The van der Waals surface area contributed by atoms with Gasteiger partial charge in [-0.25, -0.2) is 0 Å². The monoisotopic (exact) mass is 272 g/mol. The zero-order chi connectivity index (χ0) is 14.4. The van der Waals surface area contributed by atoms with Crippen LogP contribution in [-0.4, -0.2) is 10.2 Å². The molecule has 2 rings (SSSR count). The number of phenolic OH excluding ortho intramolecular Hbond substituents is 2. The molecule has 0 unspecified atom stereocenters. The lowest BCUT2D eigenvalue weighted by molar-refractivity contribution is 0.461. The summed E-state index contributed by atoms with van der Waals surface area (Å²) < 4.78 is 0. The fraction of sp³-hybridized carbons (Fsp3) is 0.444. The first kappa shape index (κ1) is 14.7. The van der Waals surface area contributed by atoms with Crippen molar-refractivity contribution in [2.24, 2.45) is 0 Å². The van der Waals surface area contributed by atoms with Gasteiger partial charge in [-0.15, -0.1) is 0 Å². The quantitative estimate of drug-likeness (QED) is 0.540. The summed E-state index contributed by atoms with van der Waals surface area (Å²) in [4.78, 5) is 0. The van der Waals surface area contributed by atoms with E-state index in [1.54, 1.807) is 6.07 Å². The van der Waals surface area contributed by atoms with Crippen LogP contribution in [0.3, 0.4) is 0 Å². The molecule has 0 saturated heterocycles. The van der Waals surface area contributed by atoms with Crippen LogP contribution in [0.25, 0.3) is 10.8 Å². The standard InChI is InChI=1S/C18H24O2/c1-2-3-4-5-6-7-10-14-13-17(19)15-11-8-9-12-16(15)18(14)20/h8-9,11-13,19-20H,2-7,10H2,1H3. The Morgan fingerprint density at radius 2 is 1.50 bits per heavy atom. The first-order chi connectivity index (χ1) is 9.74. The van der Waals surface area contributed by atoms with Gasteiger partial charge in [0.2, 0.25) is 0 Å². The Morgan fingerprint density at radius 3 is 2.25 bits per heavy atom. The minimum Gasteiger partial charge on any atom is -0.507 e. The van der Waals surface area contributed by atoms with E-state index in [9.17, 15) is 10.2 Å². The van der Waals surface area contributed by atoms with E-state index in [1.165, 1.54) is 32.1 Å². The Hall–Kier alpha value is -1.70. The summed E-state index contributed by atoms with van der Waals surface area (Å²) in [6.07, 6.45) is 8.21. The normalized spacial score (nSPS) is 11.1. The molecule has 2 N–H and O–H groups in total. The molecule has 0 aliphatic rings. The van der Waals surface area contributed by atoms with E-state index < -0.39 is 0 Å². The lowest BCUT2D eigenvalue weighted by atomic mass is 9.99. The van der Waals surface area contributed by atoms with Crippen LogP contribution in [0, 0.1) is 0 Å². The van der Waals surface area contributed by atoms with Crippen molar-refractivity contribution in [3.8, 4) is 11.5 Å². The number of aryl methyl sites for hydroxylation is 1. The largest absolute Gasteiger partial charge is 0.507 e. The lowest BCUT2D eigenvalue weighted by Crippen LogP contribution is -1.89. The molecule has 0 spiro atoms. The van der Waals surface area contributed by atoms with Crippen molar-refractivity contribution in [1.82, 2.24) is 0 Å². The van der Waals surface area contributed by atoms with E-state index in [1.807, 2.05) is 24.3 Å². The maximum atomic E-state index is 10.3. The Bertz CT molecular complexity index is 561. The number of phenols is 2. The zero-order valence-electron chi connectivity index (χ0n) is 12.2. The summed E-state index contributed by atoms with van der Waals surface area (Å²) in [5.41, 5.74) is 0.858. The van der Waals surface area contributed by atoms with E-state index in [0.717, 1.165) is 29.2 Å². The first-order valence-electron chi connectivity index (χ1n) is 7.66. The SMILES string of the molecule is CCCCCCCCc1cc(O)c2ccccc2c1O. The minimum atomic E-state index is 0.263. The predicted molar refractivity (Wildman–Crippen MR) is 84.4 cm³/mol. The fourth-order valence-corrected chi connectivity index (χ4v) is 2.68. The maximum Gasteiger partial charge on any atom is 0.126 e. The van der Waals surface area contributed by atoms with Crippen molar-refractivity contribution >= 4 is 10.8 Å². The number of benzene rings is 2. The Balaban J connectivity index is 2.02. The highest BCUT2D eigenvalue weighted by Gasteiger charge is 2.10. The molecule has 0 atom stereocenters. The summed E-state index contributed by atoms with van der Waals surface area (Å²) in [6.45, 7) is 2.22. The number of aromatic hydroxyl groups is 2. The topological polar surface area (TPSA) is 40.5 Å². The molecule has 2 heteroatoms. The molecule has 2 aromatic carbocycles. The third-order valence-electron chi connectivity index (χ3n) is 3.87. The van der Waals surface area contributed by atoms with Gasteiger partial charge in [-0.2, -0.15) is 0 Å². The molecule has 0 aromatic heterocycles. The van der Waals surface area contributed by atoms with Crippen LogP contribution in [0.5, 0.6) is 11.5 Å². The van der Waals surface area contributed by atoms with Crippen molar-refractivity contribution in [3.05, 3.63) is 35.9 Å². The summed E-state index contributed by atoms with van der Waals surface area (Å²) in [5.74, 6) is 0.589. The third-order valence-corrected chi connectivity index (χ3v) is 3.87. The van der Waals surface area contributed by atoms with Gasteiger partial charge in [0, 0.05) is 10.8 Å². The molecule has 0 heterocycles. The average molecular weight is 272 g/mol. The van der Waals surface area contributed by atoms with Gasteiger partial charge >= 0.3 is 0 Å². The van der Waals surface area contributed by atoms with Crippen LogP contribution in [0.4, 0.5) is 0 Å². The van der Waals surface area contributed by atoms with Crippen LogP contribution in [0.15, 0.2) is 30.3 Å². The second-order valence-electron chi connectivity index (χ2n) is 5.47. The molecule has 2 nitrogen and oxygen atoms in total. The van der Waals surface area contributed by atoms with Gasteiger partial charge in [-0.05, 0) is 24.5 Å². The summed E-state index contributed by atoms with van der Waals surface area (Å²) in [5, 5.41) is 21.8. The molecule has 108 valence electrons. The highest BCUT2D eigenvalue weighted by molar-refractivity contribution is 5.93. The minimum absolute atomic E-state index is 0.263. The molecule has 0 bridgehead atoms. The molecular weight excluding hydrogens is 248 g/mol. The van der Waals surface area contributed by atoms with Crippen molar-refractivity contribution < 1.29 is 10.2 Å². The van der Waals surface area contributed by atoms with Gasteiger partial charge in [0.25, 0.3) is 0 Å². The fourth-order valence-electron chi connectivity index (χ4n) is 2.68. The molecule has 0 fully saturated rings. The van der Waals surface area contributed by atoms with Crippen LogP contribution in [0.1, 0.15) is 51.0 Å². The van der Waals surface area contributed by atoms with Crippen LogP contribution >= 0.6 is 0 Å². The second-order valence-corrected chi connectivity index (χ2v) is 5.47. The zero-order valence-corrected chi connectivity index (χ0v) is 12.2. The Kier molecular flexibility index (Phi) is 5.28. The summed E-state index contributed by atoms with van der Waals surface area (Å²) >= 11 is 0. The predicted octanol–water partition coefficient (Wildman–Crippen LogP) is 5.15. The highest BCUT2D eigenvalue weighted by Crippen LogP contribution is 2.35. The van der Waals surface area contributed by atoms with E-state index in [-0.39, 0.29) is 5.75 Å². The van der Waals surface area contributed by atoms with Crippen LogP contribution < -0.4 is 0 Å². The Labute approximate surface area is 121 Å². The number of rotatable bonds is 7. The van der Waals surface area contributed by atoms with Crippen molar-refractivity contribution in [2.45, 2.75) is 51.9 Å². The molecule has 0 aliphatic heterocycles. The third kappa shape index (κ3) is 3.44. The average Bonchev–Trinajstić information content (AvgIpc) is 2.47. The van der Waals surface area contributed by atoms with E-state index in [0.29, 0.717) is 5.75 Å². The first-order valence-corrected chi connectivity index (χ1v) is 7.66. The van der Waals surface area contributed by atoms with Crippen LogP contribution in [0.2, 0.25) is 0 Å². The number of hydrogen-bond acceptors (Lipinski definition) is 2. The van der Waals surface area contributed by atoms with Gasteiger partial charge in [-0.3, -0.25) is 0 Å². The number of unbranched alkanes of at least 4 members (excludes halogenated alkanes) is 5. The van der Waals surface area contributed by atoms with E-state index in [4.69, 9.17) is 0 Å². The summed E-state index contributed by atoms with van der Waals surface area (Å²) in [6, 6.07) is 9.16. The van der Waals surface area contributed by atoms with Crippen molar-refractivity contribution in [3.63, 3.8) is 0 Å².